The fourth-order valence-corrected chi connectivity index (χ4v) is 0.106. The molecule has 0 aliphatic carbocycles. The molecule has 56 valence electrons. The minimum absolute atomic E-state index is 0. The van der Waals surface area contributed by atoms with Gasteiger partial charge in [0.05, 0.1) is 0 Å². The molecular formula is C4H8O5Zn. The maximum absolute atomic E-state index is 9.76. The van der Waals surface area contributed by atoms with Crippen molar-refractivity contribution >= 4 is 11.9 Å². The third kappa shape index (κ3) is 5.66. The Hall–Kier alpha value is -0.477. The molecule has 0 aromatic rings. The first kappa shape index (κ1) is 16.3. The quantitative estimate of drug-likeness (QED) is 0.440. The van der Waals surface area contributed by atoms with Crippen molar-refractivity contribution in [1.29, 1.82) is 0 Å². The largest absolute Gasteiger partial charge is 0.481 e. The monoisotopic (exact) mass is 200 g/mol. The maximum atomic E-state index is 9.76. The Morgan fingerprint density at radius 2 is 1.40 bits per heavy atom. The van der Waals surface area contributed by atoms with E-state index in [0.717, 1.165) is 6.92 Å². The van der Waals surface area contributed by atoms with Gasteiger partial charge >= 0.3 is 11.9 Å². The first-order valence-corrected chi connectivity index (χ1v) is 2.01. The zero-order valence-corrected chi connectivity index (χ0v) is 8.46. The summed E-state index contributed by atoms with van der Waals surface area (Å²) in [6, 6.07) is 0. The summed E-state index contributed by atoms with van der Waals surface area (Å²) in [5.41, 5.74) is 0. The fourth-order valence-electron chi connectivity index (χ4n) is 0.106. The van der Waals surface area contributed by atoms with Crippen LogP contribution in [-0.4, -0.2) is 27.6 Å². The molecule has 0 atom stereocenters. The molecule has 5 nitrogen and oxygen atoms in total. The van der Waals surface area contributed by atoms with Gasteiger partial charge in [-0.1, -0.05) is 0 Å². The molecule has 10 heavy (non-hydrogen) atoms. The number of hydrogen-bond donors (Lipinski definition) is 2. The van der Waals surface area contributed by atoms with E-state index in [0.29, 0.717) is 0 Å². The van der Waals surface area contributed by atoms with Gasteiger partial charge in [0.15, 0.2) is 5.92 Å². The summed E-state index contributed by atoms with van der Waals surface area (Å²) in [6.07, 6.45) is 0. The van der Waals surface area contributed by atoms with Crippen molar-refractivity contribution < 1.29 is 44.8 Å². The van der Waals surface area contributed by atoms with Crippen LogP contribution in [0.15, 0.2) is 0 Å². The average molecular weight is 201 g/mol. The summed E-state index contributed by atoms with van der Waals surface area (Å²) < 4.78 is 0. The van der Waals surface area contributed by atoms with Crippen molar-refractivity contribution in [3.63, 3.8) is 0 Å². The van der Waals surface area contributed by atoms with Crippen LogP contribution >= 0.6 is 0 Å². The number of carboxylic acid groups (broad SMARTS) is 2. The Bertz CT molecular complexity index is 109. The molecule has 0 rings (SSSR count). The van der Waals surface area contributed by atoms with Crippen LogP contribution in [0.3, 0.4) is 0 Å². The summed E-state index contributed by atoms with van der Waals surface area (Å²) in [6.45, 7) is 1.12. The third-order valence-corrected chi connectivity index (χ3v) is 0.741. The molecule has 0 aromatic heterocycles. The van der Waals surface area contributed by atoms with Gasteiger partial charge in [-0.3, -0.25) is 9.59 Å². The van der Waals surface area contributed by atoms with E-state index in [2.05, 4.69) is 0 Å². The Labute approximate surface area is 70.1 Å². The van der Waals surface area contributed by atoms with E-state index < -0.39 is 17.9 Å². The summed E-state index contributed by atoms with van der Waals surface area (Å²) >= 11 is 0. The van der Waals surface area contributed by atoms with Gasteiger partial charge in [-0.25, -0.2) is 0 Å². The van der Waals surface area contributed by atoms with Crippen LogP contribution in [0, 0.1) is 5.92 Å². The molecule has 0 amide bonds. The molecule has 0 aliphatic rings. The molecule has 0 aliphatic heterocycles. The molecule has 0 aromatic carbocycles. The molecule has 4 N–H and O–H groups in total. The van der Waals surface area contributed by atoms with Crippen molar-refractivity contribution in [2.24, 2.45) is 5.92 Å². The molecule has 0 heterocycles. The Morgan fingerprint density at radius 1 is 1.20 bits per heavy atom. The van der Waals surface area contributed by atoms with Gasteiger partial charge in [0.1, 0.15) is 0 Å². The fraction of sp³-hybridized carbons (Fsp3) is 0.500. The van der Waals surface area contributed by atoms with E-state index in [1.165, 1.54) is 0 Å². The number of aliphatic carboxylic acids is 2. The summed E-state index contributed by atoms with van der Waals surface area (Å²) in [5, 5.41) is 15.9. The van der Waals surface area contributed by atoms with E-state index in [4.69, 9.17) is 10.2 Å². The predicted octanol–water partition coefficient (Wildman–Crippen LogP) is -1.04. The average Bonchev–Trinajstić information content (AvgIpc) is 1.64. The molecule has 0 unspecified atom stereocenters. The number of rotatable bonds is 2. The normalized spacial score (nSPS) is 7.40. The minimum Gasteiger partial charge on any atom is -0.481 e. The van der Waals surface area contributed by atoms with Crippen molar-refractivity contribution in [3.05, 3.63) is 0 Å². The second-order valence-electron chi connectivity index (χ2n) is 1.40. The number of carbonyl (C=O) groups is 2. The van der Waals surface area contributed by atoms with Crippen molar-refractivity contribution in [1.82, 2.24) is 0 Å². The Morgan fingerprint density at radius 3 is 1.40 bits per heavy atom. The second kappa shape index (κ2) is 6.64. The molecule has 6 heteroatoms. The molecule has 0 saturated heterocycles. The predicted molar refractivity (Wildman–Crippen MR) is 28.0 cm³/mol. The van der Waals surface area contributed by atoms with Crippen LogP contribution in [0.1, 0.15) is 6.92 Å². The topological polar surface area (TPSA) is 106 Å². The smallest absolute Gasteiger partial charge is 0.317 e. The number of carboxylic acids is 2. The van der Waals surface area contributed by atoms with Gasteiger partial charge in [0, 0.05) is 19.5 Å². The van der Waals surface area contributed by atoms with Gasteiger partial charge < -0.3 is 15.7 Å². The molecule has 0 fully saturated rings. The van der Waals surface area contributed by atoms with Gasteiger partial charge in [0.2, 0.25) is 0 Å². The van der Waals surface area contributed by atoms with Crippen LogP contribution in [0.25, 0.3) is 0 Å². The molecule has 0 radical (unpaired) electrons. The van der Waals surface area contributed by atoms with Crippen LogP contribution in [-0.2, 0) is 29.1 Å². The molecular weight excluding hydrogens is 193 g/mol. The van der Waals surface area contributed by atoms with Gasteiger partial charge in [-0.05, 0) is 6.92 Å². The van der Waals surface area contributed by atoms with Crippen molar-refractivity contribution in [2.75, 3.05) is 0 Å². The van der Waals surface area contributed by atoms with Gasteiger partial charge in [-0.2, -0.15) is 0 Å². The van der Waals surface area contributed by atoms with Gasteiger partial charge in [-0.15, -0.1) is 0 Å². The SMILES string of the molecule is CC(C(=O)O)C(=O)O.O.[Zn]. The van der Waals surface area contributed by atoms with Crippen LogP contribution in [0.4, 0.5) is 0 Å². The molecule has 0 bridgehead atoms. The van der Waals surface area contributed by atoms with Crippen molar-refractivity contribution in [3.8, 4) is 0 Å². The van der Waals surface area contributed by atoms with E-state index in [1.807, 2.05) is 0 Å². The van der Waals surface area contributed by atoms with Crippen molar-refractivity contribution in [2.45, 2.75) is 6.92 Å². The Kier molecular flexibility index (Phi) is 10.8. The standard InChI is InChI=1S/C4H6O4.H2O.Zn/c1-2(3(5)6)4(7)8;;/h2H,1H3,(H,5,6)(H,7,8);1H2;. The maximum Gasteiger partial charge on any atom is 0.317 e. The Balaban J connectivity index is -0.000000245. The summed E-state index contributed by atoms with van der Waals surface area (Å²) in [7, 11) is 0. The van der Waals surface area contributed by atoms with E-state index in [1.54, 1.807) is 0 Å². The summed E-state index contributed by atoms with van der Waals surface area (Å²) in [5.74, 6) is -3.91. The van der Waals surface area contributed by atoms with E-state index >= 15 is 0 Å². The minimum atomic E-state index is -1.31. The zero-order valence-electron chi connectivity index (χ0n) is 5.50. The molecule has 0 spiro atoms. The van der Waals surface area contributed by atoms with Gasteiger partial charge in [0.25, 0.3) is 0 Å². The molecule has 0 saturated carbocycles. The van der Waals surface area contributed by atoms with Crippen LogP contribution < -0.4 is 0 Å². The number of hydrogen-bond acceptors (Lipinski definition) is 2. The first-order chi connectivity index (χ1) is 3.55. The van der Waals surface area contributed by atoms with E-state index in [-0.39, 0.29) is 25.0 Å². The van der Waals surface area contributed by atoms with Crippen LogP contribution in [0.2, 0.25) is 0 Å². The summed E-state index contributed by atoms with van der Waals surface area (Å²) in [4.78, 5) is 19.5. The van der Waals surface area contributed by atoms with Crippen LogP contribution in [0.5, 0.6) is 0 Å². The second-order valence-corrected chi connectivity index (χ2v) is 1.40. The third-order valence-electron chi connectivity index (χ3n) is 0.741. The first-order valence-electron chi connectivity index (χ1n) is 2.01. The zero-order chi connectivity index (χ0) is 6.73. The van der Waals surface area contributed by atoms with E-state index in [9.17, 15) is 9.59 Å².